The molecule has 0 fully saturated rings. The van der Waals surface area contributed by atoms with Crippen molar-refractivity contribution >= 4 is 6.21 Å². The first-order chi connectivity index (χ1) is 11.2. The molecule has 2 rings (SSSR count). The smallest absolute Gasteiger partial charge is 0.167 e. The molecular formula is C21H25N2+. The fourth-order valence-corrected chi connectivity index (χ4v) is 2.31. The molecule has 0 aromatic heterocycles. The third kappa shape index (κ3) is 6.79. The molecule has 2 aromatic rings. The molecule has 0 saturated carbocycles. The molecule has 0 aliphatic carbocycles. The summed E-state index contributed by atoms with van der Waals surface area (Å²) in [6.07, 6.45) is 10.4. The zero-order valence-electron chi connectivity index (χ0n) is 14.0. The standard InChI is InChI=1S/C21H25N2/c1-22(18-20-12-6-3-7-13-20)16-10-5-11-17-23(2)19-21-14-8-4-9-15-21/h3-17H,18-19H2,1-2H3/q+1. The molecule has 23 heavy (non-hydrogen) atoms. The van der Waals surface area contributed by atoms with Crippen LogP contribution in [0.1, 0.15) is 11.1 Å². The Balaban J connectivity index is 1.77. The topological polar surface area (TPSA) is 6.25 Å². The zero-order valence-corrected chi connectivity index (χ0v) is 14.0. The van der Waals surface area contributed by atoms with Crippen molar-refractivity contribution in [2.45, 2.75) is 13.1 Å². The van der Waals surface area contributed by atoms with E-state index >= 15 is 0 Å². The minimum absolute atomic E-state index is 0.919. The Kier molecular flexibility index (Phi) is 6.86. The predicted octanol–water partition coefficient (Wildman–Crippen LogP) is 4.10. The maximum Gasteiger partial charge on any atom is 0.167 e. The van der Waals surface area contributed by atoms with Crippen molar-refractivity contribution in [3.05, 3.63) is 96.2 Å². The van der Waals surface area contributed by atoms with Gasteiger partial charge in [-0.05, 0) is 17.8 Å². The van der Waals surface area contributed by atoms with E-state index in [2.05, 4.69) is 103 Å². The van der Waals surface area contributed by atoms with Crippen LogP contribution in [0.25, 0.3) is 0 Å². The van der Waals surface area contributed by atoms with Gasteiger partial charge in [-0.3, -0.25) is 0 Å². The minimum atomic E-state index is 0.919. The van der Waals surface area contributed by atoms with Gasteiger partial charge < -0.3 is 4.90 Å². The van der Waals surface area contributed by atoms with Gasteiger partial charge in [0, 0.05) is 25.2 Å². The van der Waals surface area contributed by atoms with Crippen LogP contribution >= 0.6 is 0 Å². The summed E-state index contributed by atoms with van der Waals surface area (Å²) >= 11 is 0. The van der Waals surface area contributed by atoms with E-state index in [0.29, 0.717) is 0 Å². The maximum absolute atomic E-state index is 2.17. The number of rotatable bonds is 7. The molecule has 0 unspecified atom stereocenters. The van der Waals surface area contributed by atoms with Gasteiger partial charge in [0.1, 0.15) is 7.05 Å². The molecule has 2 nitrogen and oxygen atoms in total. The average molecular weight is 305 g/mol. The molecule has 0 atom stereocenters. The largest absolute Gasteiger partial charge is 0.376 e. The summed E-state index contributed by atoms with van der Waals surface area (Å²) in [7, 11) is 4.17. The van der Waals surface area contributed by atoms with Crippen LogP contribution in [0.3, 0.4) is 0 Å². The van der Waals surface area contributed by atoms with Gasteiger partial charge in [-0.15, -0.1) is 0 Å². The Bertz CT molecular complexity index is 655. The molecule has 118 valence electrons. The molecule has 2 heteroatoms. The normalized spacial score (nSPS) is 12.2. The summed E-state index contributed by atoms with van der Waals surface area (Å²) in [6.45, 7) is 1.84. The number of hydrogen-bond donors (Lipinski definition) is 0. The van der Waals surface area contributed by atoms with Gasteiger partial charge in [0.25, 0.3) is 0 Å². The second-order valence-corrected chi connectivity index (χ2v) is 5.68. The second-order valence-electron chi connectivity index (χ2n) is 5.68. The molecule has 0 saturated heterocycles. The second kappa shape index (κ2) is 9.42. The van der Waals surface area contributed by atoms with Crippen LogP contribution in [0.5, 0.6) is 0 Å². The summed E-state index contributed by atoms with van der Waals surface area (Å²) in [4.78, 5) is 2.17. The SMILES string of the molecule is CN(/C=C/C=C/C=[N+](C)Cc1ccccc1)Cc1ccccc1. The van der Waals surface area contributed by atoms with Crippen LogP contribution in [0, 0.1) is 0 Å². The number of allylic oxidation sites excluding steroid dienone is 3. The van der Waals surface area contributed by atoms with E-state index in [0.717, 1.165) is 13.1 Å². The highest BCUT2D eigenvalue weighted by Gasteiger charge is 1.96. The third-order valence-corrected chi connectivity index (χ3v) is 3.45. The van der Waals surface area contributed by atoms with Crippen molar-refractivity contribution < 1.29 is 4.58 Å². The highest BCUT2D eigenvalue weighted by Crippen LogP contribution is 2.02. The average Bonchev–Trinajstić information content (AvgIpc) is 2.56. The van der Waals surface area contributed by atoms with Gasteiger partial charge in [-0.25, -0.2) is 4.58 Å². The fraction of sp³-hybridized carbons (Fsp3) is 0.190. The van der Waals surface area contributed by atoms with Gasteiger partial charge in [0.15, 0.2) is 12.8 Å². The quantitative estimate of drug-likeness (QED) is 0.424. The lowest BCUT2D eigenvalue weighted by Crippen LogP contribution is -2.09. The first-order valence-corrected chi connectivity index (χ1v) is 7.91. The fourth-order valence-electron chi connectivity index (χ4n) is 2.31. The Morgan fingerprint density at radius 1 is 0.826 bits per heavy atom. The Morgan fingerprint density at radius 2 is 1.43 bits per heavy atom. The lowest BCUT2D eigenvalue weighted by Gasteiger charge is -2.13. The van der Waals surface area contributed by atoms with Crippen molar-refractivity contribution in [1.82, 2.24) is 4.90 Å². The number of hydrogen-bond acceptors (Lipinski definition) is 1. The molecule has 0 amide bonds. The van der Waals surface area contributed by atoms with Crippen LogP contribution in [-0.4, -0.2) is 29.8 Å². The lowest BCUT2D eigenvalue weighted by atomic mass is 10.2. The molecule has 2 aromatic carbocycles. The third-order valence-electron chi connectivity index (χ3n) is 3.45. The summed E-state index contributed by atoms with van der Waals surface area (Å²) in [6, 6.07) is 21.0. The highest BCUT2D eigenvalue weighted by atomic mass is 15.1. The van der Waals surface area contributed by atoms with E-state index in [1.54, 1.807) is 0 Å². The first-order valence-electron chi connectivity index (χ1n) is 7.91. The Hall–Kier alpha value is -2.61. The number of nitrogens with zero attached hydrogens (tertiary/aromatic N) is 2. The molecule has 0 radical (unpaired) electrons. The molecule has 0 heterocycles. The predicted molar refractivity (Wildman–Crippen MR) is 98.6 cm³/mol. The number of benzene rings is 2. The molecule has 0 aliphatic heterocycles. The summed E-state index contributed by atoms with van der Waals surface area (Å²) in [5.74, 6) is 0. The van der Waals surface area contributed by atoms with Crippen molar-refractivity contribution in [2.24, 2.45) is 0 Å². The van der Waals surface area contributed by atoms with E-state index in [9.17, 15) is 0 Å². The Labute approximate surface area is 139 Å². The molecule has 0 bridgehead atoms. The van der Waals surface area contributed by atoms with E-state index < -0.39 is 0 Å². The van der Waals surface area contributed by atoms with Crippen LogP contribution in [0.2, 0.25) is 0 Å². The molecule has 0 N–H and O–H groups in total. The van der Waals surface area contributed by atoms with Crippen molar-refractivity contribution in [3.63, 3.8) is 0 Å². The minimum Gasteiger partial charge on any atom is -0.376 e. The van der Waals surface area contributed by atoms with Gasteiger partial charge in [-0.2, -0.15) is 0 Å². The Morgan fingerprint density at radius 3 is 2.09 bits per heavy atom. The van der Waals surface area contributed by atoms with E-state index in [4.69, 9.17) is 0 Å². The van der Waals surface area contributed by atoms with Gasteiger partial charge in [0.05, 0.1) is 0 Å². The van der Waals surface area contributed by atoms with E-state index in [-0.39, 0.29) is 0 Å². The van der Waals surface area contributed by atoms with Gasteiger partial charge >= 0.3 is 0 Å². The lowest BCUT2D eigenvalue weighted by molar-refractivity contribution is -0.508. The van der Waals surface area contributed by atoms with Crippen molar-refractivity contribution in [1.29, 1.82) is 0 Å². The molecular weight excluding hydrogens is 280 g/mol. The van der Waals surface area contributed by atoms with Crippen LogP contribution in [0.4, 0.5) is 0 Å². The van der Waals surface area contributed by atoms with Crippen molar-refractivity contribution in [3.8, 4) is 0 Å². The van der Waals surface area contributed by atoms with E-state index in [1.165, 1.54) is 11.1 Å². The first kappa shape index (κ1) is 16.8. The van der Waals surface area contributed by atoms with Gasteiger partial charge in [0.2, 0.25) is 0 Å². The summed E-state index contributed by atoms with van der Waals surface area (Å²) < 4.78 is 2.17. The zero-order chi connectivity index (χ0) is 16.3. The molecule has 0 spiro atoms. The van der Waals surface area contributed by atoms with Gasteiger partial charge in [-0.1, -0.05) is 66.7 Å². The van der Waals surface area contributed by atoms with Crippen LogP contribution < -0.4 is 0 Å². The van der Waals surface area contributed by atoms with Crippen LogP contribution in [-0.2, 0) is 13.1 Å². The monoisotopic (exact) mass is 305 g/mol. The highest BCUT2D eigenvalue weighted by molar-refractivity contribution is 5.66. The van der Waals surface area contributed by atoms with Crippen molar-refractivity contribution in [2.75, 3.05) is 14.1 Å². The van der Waals surface area contributed by atoms with E-state index in [1.807, 2.05) is 12.1 Å². The summed E-state index contributed by atoms with van der Waals surface area (Å²) in [5.41, 5.74) is 2.63. The van der Waals surface area contributed by atoms with Crippen LogP contribution in [0.15, 0.2) is 85.1 Å². The summed E-state index contributed by atoms with van der Waals surface area (Å²) in [5, 5.41) is 0. The molecule has 0 aliphatic rings. The maximum atomic E-state index is 2.17.